The topological polar surface area (TPSA) is 86.7 Å². The van der Waals surface area contributed by atoms with Crippen LogP contribution in [-0.4, -0.2) is 36.7 Å². The second-order valence-corrected chi connectivity index (χ2v) is 8.33. The van der Waals surface area contributed by atoms with Crippen LogP contribution in [0.2, 0.25) is 0 Å². The first-order valence-corrected chi connectivity index (χ1v) is 12.0. The minimum Gasteiger partial charge on any atom is -0.465 e. The molecule has 0 N–H and O–H groups in total. The van der Waals surface area contributed by atoms with E-state index < -0.39 is 29.7 Å². The van der Waals surface area contributed by atoms with E-state index in [0.29, 0.717) is 18.4 Å². The van der Waals surface area contributed by atoms with Crippen LogP contribution in [-0.2, 0) is 23.9 Å². The predicted octanol–water partition coefficient (Wildman–Crippen LogP) is 4.94. The molecule has 0 aromatic heterocycles. The third-order valence-corrected chi connectivity index (χ3v) is 6.09. The zero-order valence-electron chi connectivity index (χ0n) is 19.3. The van der Waals surface area contributed by atoms with Crippen molar-refractivity contribution in [2.45, 2.75) is 71.6 Å². The van der Waals surface area contributed by atoms with Crippen LogP contribution in [0.15, 0.2) is 30.3 Å². The summed E-state index contributed by atoms with van der Waals surface area (Å²) in [5.74, 6) is -5.13. The average Bonchev–Trinajstić information content (AvgIpc) is 2.77. The summed E-state index contributed by atoms with van der Waals surface area (Å²) in [5.41, 5.74) is 0.411. The molecule has 2 unspecified atom stereocenters. The molecule has 0 radical (unpaired) electrons. The molecule has 1 saturated carbocycles. The van der Waals surface area contributed by atoms with Gasteiger partial charge in [0.1, 0.15) is 5.78 Å². The van der Waals surface area contributed by atoms with Crippen LogP contribution in [0.1, 0.15) is 82.0 Å². The van der Waals surface area contributed by atoms with E-state index in [1.807, 2.05) is 0 Å². The van der Waals surface area contributed by atoms with E-state index in [9.17, 15) is 19.2 Å². The van der Waals surface area contributed by atoms with E-state index in [4.69, 9.17) is 9.47 Å². The first kappa shape index (κ1) is 25.8. The number of ketones is 2. The number of ether oxygens (including phenoxy) is 2. The van der Waals surface area contributed by atoms with Gasteiger partial charge in [0.25, 0.3) is 0 Å². The Morgan fingerprint density at radius 1 is 0.844 bits per heavy atom. The molecule has 176 valence electrons. The van der Waals surface area contributed by atoms with Gasteiger partial charge < -0.3 is 9.47 Å². The molecule has 1 aliphatic carbocycles. The van der Waals surface area contributed by atoms with Crippen LogP contribution in [0.5, 0.6) is 0 Å². The summed E-state index contributed by atoms with van der Waals surface area (Å²) in [6, 6.07) is 8.64. The van der Waals surface area contributed by atoms with E-state index in [0.717, 1.165) is 38.5 Å². The Labute approximate surface area is 191 Å². The van der Waals surface area contributed by atoms with Crippen LogP contribution in [0.4, 0.5) is 0 Å². The number of carbonyl (C=O) groups is 4. The highest BCUT2D eigenvalue weighted by Gasteiger charge is 2.46. The van der Waals surface area contributed by atoms with E-state index in [1.54, 1.807) is 44.2 Å². The van der Waals surface area contributed by atoms with Crippen LogP contribution < -0.4 is 0 Å². The van der Waals surface area contributed by atoms with Crippen LogP contribution >= 0.6 is 0 Å². The van der Waals surface area contributed by atoms with Gasteiger partial charge in [-0.1, -0.05) is 68.9 Å². The lowest BCUT2D eigenvalue weighted by Crippen LogP contribution is -2.43. The Bertz CT molecular complexity index is 739. The maximum Gasteiger partial charge on any atom is 0.320 e. The maximum atomic E-state index is 13.6. The van der Waals surface area contributed by atoms with Crippen molar-refractivity contribution in [2.75, 3.05) is 13.2 Å². The van der Waals surface area contributed by atoms with Crippen molar-refractivity contribution >= 4 is 23.5 Å². The molecule has 32 heavy (non-hydrogen) atoms. The van der Waals surface area contributed by atoms with Gasteiger partial charge in [0, 0.05) is 12.0 Å². The number of benzene rings is 1. The number of hydrogen-bond donors (Lipinski definition) is 0. The number of esters is 2. The minimum atomic E-state index is -1.29. The molecular formula is C26H36O6. The van der Waals surface area contributed by atoms with Crippen LogP contribution in [0, 0.1) is 17.8 Å². The van der Waals surface area contributed by atoms with E-state index in [2.05, 4.69) is 0 Å². The van der Waals surface area contributed by atoms with Gasteiger partial charge in [-0.25, -0.2) is 0 Å². The first-order valence-electron chi connectivity index (χ1n) is 12.0. The summed E-state index contributed by atoms with van der Waals surface area (Å²) in [7, 11) is 0. The Morgan fingerprint density at radius 2 is 1.38 bits per heavy atom. The van der Waals surface area contributed by atoms with Gasteiger partial charge in [-0.2, -0.15) is 0 Å². The van der Waals surface area contributed by atoms with Gasteiger partial charge >= 0.3 is 11.9 Å². The Morgan fingerprint density at radius 3 is 1.94 bits per heavy atom. The zero-order valence-corrected chi connectivity index (χ0v) is 19.3. The molecule has 1 fully saturated rings. The van der Waals surface area contributed by atoms with Crippen LogP contribution in [0.25, 0.3) is 0 Å². The SMILES string of the molecule is CCOC(=O)C(C(=O)OCC)C1CCCCCCCCCC(=O)C1C(=O)c1ccccc1. The lowest BCUT2D eigenvalue weighted by molar-refractivity contribution is -0.165. The summed E-state index contributed by atoms with van der Waals surface area (Å²) in [5, 5.41) is 0. The fraction of sp³-hybridized carbons (Fsp3) is 0.615. The number of hydrogen-bond acceptors (Lipinski definition) is 6. The highest BCUT2D eigenvalue weighted by Crippen LogP contribution is 2.34. The minimum absolute atomic E-state index is 0.104. The molecule has 2 atom stereocenters. The quantitative estimate of drug-likeness (QED) is 0.336. The fourth-order valence-corrected chi connectivity index (χ4v) is 4.52. The molecule has 0 amide bonds. The molecule has 0 spiro atoms. The highest BCUT2D eigenvalue weighted by atomic mass is 16.6. The molecular weight excluding hydrogens is 408 g/mol. The third kappa shape index (κ3) is 7.28. The van der Waals surface area contributed by atoms with Crippen molar-refractivity contribution in [1.82, 2.24) is 0 Å². The van der Waals surface area contributed by atoms with Crippen molar-refractivity contribution in [2.24, 2.45) is 17.8 Å². The van der Waals surface area contributed by atoms with Crippen molar-refractivity contribution in [3.63, 3.8) is 0 Å². The number of carbonyl (C=O) groups excluding carboxylic acids is 4. The monoisotopic (exact) mass is 444 g/mol. The fourth-order valence-electron chi connectivity index (χ4n) is 4.52. The largest absolute Gasteiger partial charge is 0.465 e. The van der Waals surface area contributed by atoms with Gasteiger partial charge in [-0.3, -0.25) is 19.2 Å². The summed E-state index contributed by atoms with van der Waals surface area (Å²) in [6.45, 7) is 3.54. The maximum absolute atomic E-state index is 13.6. The van der Waals surface area contributed by atoms with Gasteiger partial charge in [-0.05, 0) is 32.6 Å². The zero-order chi connectivity index (χ0) is 23.3. The Hall–Kier alpha value is -2.50. The summed E-state index contributed by atoms with van der Waals surface area (Å²) in [6.07, 6.45) is 7.19. The molecule has 0 saturated heterocycles. The smallest absolute Gasteiger partial charge is 0.320 e. The first-order chi connectivity index (χ1) is 15.5. The normalized spacial score (nSPS) is 20.7. The molecule has 0 heterocycles. The van der Waals surface area contributed by atoms with E-state index >= 15 is 0 Å². The standard InChI is InChI=1S/C26H36O6/c1-3-31-25(29)23(26(30)32-4-2)20-17-13-8-6-5-7-9-14-18-21(27)22(20)24(28)19-15-11-10-12-16-19/h10-12,15-16,20,22-23H,3-9,13-14,17-18H2,1-2H3. The number of Topliss-reactive ketones (excluding diaryl/α,β-unsaturated/α-hetero) is 2. The summed E-state index contributed by atoms with van der Waals surface area (Å²) in [4.78, 5) is 52.8. The van der Waals surface area contributed by atoms with Gasteiger partial charge in [-0.15, -0.1) is 0 Å². The molecule has 2 rings (SSSR count). The molecule has 6 heteroatoms. The third-order valence-electron chi connectivity index (χ3n) is 6.09. The van der Waals surface area contributed by atoms with Gasteiger partial charge in [0.2, 0.25) is 0 Å². The van der Waals surface area contributed by atoms with Crippen molar-refractivity contribution in [3.8, 4) is 0 Å². The second kappa shape index (κ2) is 13.8. The molecule has 1 aromatic rings. The van der Waals surface area contributed by atoms with E-state index in [-0.39, 0.29) is 31.2 Å². The van der Waals surface area contributed by atoms with Crippen molar-refractivity contribution in [1.29, 1.82) is 0 Å². The van der Waals surface area contributed by atoms with Gasteiger partial charge in [0.15, 0.2) is 11.7 Å². The van der Waals surface area contributed by atoms with Gasteiger partial charge in [0.05, 0.1) is 19.1 Å². The van der Waals surface area contributed by atoms with Crippen molar-refractivity contribution < 1.29 is 28.7 Å². The molecule has 0 aliphatic heterocycles. The lowest BCUT2D eigenvalue weighted by Gasteiger charge is -2.30. The molecule has 0 bridgehead atoms. The highest BCUT2D eigenvalue weighted by molar-refractivity contribution is 6.12. The van der Waals surface area contributed by atoms with Crippen LogP contribution in [0.3, 0.4) is 0 Å². The molecule has 6 nitrogen and oxygen atoms in total. The van der Waals surface area contributed by atoms with E-state index in [1.165, 1.54) is 0 Å². The second-order valence-electron chi connectivity index (χ2n) is 8.33. The summed E-state index contributed by atoms with van der Waals surface area (Å²) >= 11 is 0. The predicted molar refractivity (Wildman–Crippen MR) is 121 cm³/mol. The molecule has 1 aliphatic rings. The average molecular weight is 445 g/mol. The Balaban J connectivity index is 2.51. The number of rotatable bonds is 7. The lowest BCUT2D eigenvalue weighted by atomic mass is 9.72. The van der Waals surface area contributed by atoms with Crippen molar-refractivity contribution in [3.05, 3.63) is 35.9 Å². The molecule has 1 aromatic carbocycles. The Kier molecular flexibility index (Phi) is 11.1. The summed E-state index contributed by atoms with van der Waals surface area (Å²) < 4.78 is 10.4.